The van der Waals surface area contributed by atoms with Gasteiger partial charge >= 0.3 is 6.09 Å². The molecule has 92 valence electrons. The monoisotopic (exact) mass is 318 g/mol. The highest BCUT2D eigenvalue weighted by Gasteiger charge is 2.09. The van der Waals surface area contributed by atoms with Crippen LogP contribution in [0, 0.1) is 0 Å². The molecule has 0 aliphatic carbocycles. The molecule has 0 spiro atoms. The Labute approximate surface area is 112 Å². The fourth-order valence-corrected chi connectivity index (χ4v) is 1.96. The Balaban J connectivity index is 2.50. The largest absolute Gasteiger partial charge is 0.448 e. The second-order valence-electron chi connectivity index (χ2n) is 3.08. The molecule has 0 bridgehead atoms. The van der Waals surface area contributed by atoms with Crippen LogP contribution in [-0.4, -0.2) is 25.2 Å². The van der Waals surface area contributed by atoms with Gasteiger partial charge in [0.25, 0.3) is 5.91 Å². The number of nitrogens with one attached hydrogen (secondary N) is 1. The van der Waals surface area contributed by atoms with Crippen LogP contribution >= 0.6 is 28.6 Å². The first-order valence-corrected chi connectivity index (χ1v) is 5.93. The third-order valence-corrected chi connectivity index (χ3v) is 2.70. The zero-order chi connectivity index (χ0) is 12.8. The lowest BCUT2D eigenvalue weighted by molar-refractivity contribution is 0.0934. The summed E-state index contributed by atoms with van der Waals surface area (Å²) in [6.07, 6.45) is -0.863. The van der Waals surface area contributed by atoms with Gasteiger partial charge in [0.15, 0.2) is 0 Å². The normalized spacial score (nSPS) is 9.76. The van der Waals surface area contributed by atoms with E-state index in [1.807, 2.05) is 0 Å². The Morgan fingerprint density at radius 1 is 1.47 bits per heavy atom. The van der Waals surface area contributed by atoms with Crippen molar-refractivity contribution in [3.05, 3.63) is 28.2 Å². The second-order valence-corrected chi connectivity index (χ2v) is 4.48. The molecule has 0 saturated heterocycles. The number of carbonyl (C=O) groups is 2. The molecule has 2 amide bonds. The number of nitrogens with two attached hydrogens (primary N) is 1. The molecule has 5 nitrogen and oxygen atoms in total. The molecule has 3 N–H and O–H groups in total. The number of benzene rings is 1. The molecule has 0 atom stereocenters. The SMILES string of the molecule is NC(=O)OCCNC(=O)c1ccc(Br)cc1S. The summed E-state index contributed by atoms with van der Waals surface area (Å²) >= 11 is 7.46. The van der Waals surface area contributed by atoms with E-state index in [0.29, 0.717) is 10.5 Å². The number of hydrogen-bond donors (Lipinski definition) is 3. The maximum Gasteiger partial charge on any atom is 0.404 e. The smallest absolute Gasteiger partial charge is 0.404 e. The van der Waals surface area contributed by atoms with Gasteiger partial charge < -0.3 is 15.8 Å². The highest BCUT2D eigenvalue weighted by atomic mass is 79.9. The summed E-state index contributed by atoms with van der Waals surface area (Å²) in [4.78, 5) is 22.5. The van der Waals surface area contributed by atoms with Gasteiger partial charge in [-0.3, -0.25) is 4.79 Å². The first-order valence-electron chi connectivity index (χ1n) is 4.69. The van der Waals surface area contributed by atoms with Crippen LogP contribution in [0.3, 0.4) is 0 Å². The minimum Gasteiger partial charge on any atom is -0.448 e. The molecular formula is C10H11BrN2O3S. The van der Waals surface area contributed by atoms with Crippen LogP contribution in [0.2, 0.25) is 0 Å². The van der Waals surface area contributed by atoms with Gasteiger partial charge in [-0.15, -0.1) is 12.6 Å². The molecule has 0 saturated carbocycles. The van der Waals surface area contributed by atoms with E-state index in [4.69, 9.17) is 5.73 Å². The molecule has 1 rings (SSSR count). The first kappa shape index (κ1) is 13.9. The lowest BCUT2D eigenvalue weighted by Crippen LogP contribution is -2.29. The van der Waals surface area contributed by atoms with E-state index in [1.54, 1.807) is 18.2 Å². The van der Waals surface area contributed by atoms with Gasteiger partial charge in [0, 0.05) is 9.37 Å². The lowest BCUT2D eigenvalue weighted by atomic mass is 10.2. The molecule has 0 unspecified atom stereocenters. The minimum absolute atomic E-state index is 0.0412. The zero-order valence-electron chi connectivity index (χ0n) is 8.77. The predicted molar refractivity (Wildman–Crippen MR) is 69.3 cm³/mol. The maximum atomic E-state index is 11.7. The van der Waals surface area contributed by atoms with E-state index in [2.05, 4.69) is 38.6 Å². The van der Waals surface area contributed by atoms with Crippen molar-refractivity contribution in [1.82, 2.24) is 5.32 Å². The van der Waals surface area contributed by atoms with Gasteiger partial charge in [0.2, 0.25) is 0 Å². The average Bonchev–Trinajstić information content (AvgIpc) is 2.23. The van der Waals surface area contributed by atoms with Crippen molar-refractivity contribution in [3.63, 3.8) is 0 Å². The summed E-state index contributed by atoms with van der Waals surface area (Å²) in [5, 5.41) is 2.58. The highest BCUT2D eigenvalue weighted by molar-refractivity contribution is 9.10. The summed E-state index contributed by atoms with van der Waals surface area (Å²) in [7, 11) is 0. The van der Waals surface area contributed by atoms with E-state index in [9.17, 15) is 9.59 Å². The van der Waals surface area contributed by atoms with E-state index < -0.39 is 6.09 Å². The van der Waals surface area contributed by atoms with Crippen molar-refractivity contribution in [2.24, 2.45) is 5.73 Å². The number of rotatable bonds is 4. The molecule has 0 aliphatic heterocycles. The van der Waals surface area contributed by atoms with Crippen molar-refractivity contribution >= 4 is 40.6 Å². The van der Waals surface area contributed by atoms with E-state index in [1.165, 1.54) is 0 Å². The van der Waals surface area contributed by atoms with Crippen LogP contribution in [0.1, 0.15) is 10.4 Å². The minimum atomic E-state index is -0.863. The molecule has 0 aromatic heterocycles. The number of thiol groups is 1. The van der Waals surface area contributed by atoms with Crippen molar-refractivity contribution in [1.29, 1.82) is 0 Å². The number of carbonyl (C=O) groups excluding carboxylic acids is 2. The molecule has 0 fully saturated rings. The van der Waals surface area contributed by atoms with E-state index in [0.717, 1.165) is 4.47 Å². The predicted octanol–water partition coefficient (Wildman–Crippen LogP) is 1.56. The van der Waals surface area contributed by atoms with E-state index in [-0.39, 0.29) is 19.1 Å². The van der Waals surface area contributed by atoms with Gasteiger partial charge in [-0.2, -0.15) is 0 Å². The van der Waals surface area contributed by atoms with Crippen molar-refractivity contribution in [2.45, 2.75) is 4.90 Å². The Kier molecular flexibility index (Phi) is 5.30. The molecule has 0 aliphatic rings. The molecular weight excluding hydrogens is 308 g/mol. The maximum absolute atomic E-state index is 11.7. The number of halogens is 1. The fourth-order valence-electron chi connectivity index (χ4n) is 1.11. The fraction of sp³-hybridized carbons (Fsp3) is 0.200. The molecule has 0 heterocycles. The van der Waals surface area contributed by atoms with Crippen LogP contribution in [0.5, 0.6) is 0 Å². The quantitative estimate of drug-likeness (QED) is 0.582. The topological polar surface area (TPSA) is 81.4 Å². The summed E-state index contributed by atoms with van der Waals surface area (Å²) in [5.41, 5.74) is 5.22. The van der Waals surface area contributed by atoms with Crippen LogP contribution in [0.4, 0.5) is 4.79 Å². The van der Waals surface area contributed by atoms with Gasteiger partial charge in [0.05, 0.1) is 12.1 Å². The Morgan fingerprint density at radius 3 is 2.76 bits per heavy atom. The third-order valence-electron chi connectivity index (χ3n) is 1.84. The molecule has 17 heavy (non-hydrogen) atoms. The highest BCUT2D eigenvalue weighted by Crippen LogP contribution is 2.19. The second kappa shape index (κ2) is 6.51. The number of ether oxygens (including phenoxy) is 1. The Morgan fingerprint density at radius 2 is 2.18 bits per heavy atom. The summed E-state index contributed by atoms with van der Waals surface area (Å²) in [6.45, 7) is 0.241. The van der Waals surface area contributed by atoms with Crippen LogP contribution in [0.25, 0.3) is 0 Å². The van der Waals surface area contributed by atoms with Crippen molar-refractivity contribution in [2.75, 3.05) is 13.2 Å². The zero-order valence-corrected chi connectivity index (χ0v) is 11.3. The van der Waals surface area contributed by atoms with Crippen LogP contribution in [-0.2, 0) is 4.74 Å². The van der Waals surface area contributed by atoms with Gasteiger partial charge in [-0.1, -0.05) is 15.9 Å². The molecule has 1 aromatic rings. The van der Waals surface area contributed by atoms with Gasteiger partial charge in [0.1, 0.15) is 6.61 Å². The average molecular weight is 319 g/mol. The molecule has 7 heteroatoms. The van der Waals surface area contributed by atoms with Crippen LogP contribution < -0.4 is 11.1 Å². The summed E-state index contributed by atoms with van der Waals surface area (Å²) < 4.78 is 5.32. The Bertz CT molecular complexity index is 440. The standard InChI is InChI=1S/C10H11BrN2O3S/c11-6-1-2-7(8(17)5-6)9(14)13-3-4-16-10(12)15/h1-2,5,17H,3-4H2,(H2,12,15)(H,13,14). The van der Waals surface area contributed by atoms with Crippen molar-refractivity contribution < 1.29 is 14.3 Å². The van der Waals surface area contributed by atoms with Gasteiger partial charge in [-0.25, -0.2) is 4.79 Å². The number of amides is 2. The van der Waals surface area contributed by atoms with Crippen molar-refractivity contribution in [3.8, 4) is 0 Å². The van der Waals surface area contributed by atoms with Gasteiger partial charge in [-0.05, 0) is 18.2 Å². The van der Waals surface area contributed by atoms with Crippen LogP contribution in [0.15, 0.2) is 27.6 Å². The third kappa shape index (κ3) is 4.66. The number of hydrogen-bond acceptors (Lipinski definition) is 4. The first-order chi connectivity index (χ1) is 8.00. The lowest BCUT2D eigenvalue weighted by Gasteiger charge is -2.07. The number of primary amides is 1. The summed E-state index contributed by atoms with van der Waals surface area (Å²) in [5.74, 6) is -0.282. The summed E-state index contributed by atoms with van der Waals surface area (Å²) in [6, 6.07) is 5.11. The Hall–Kier alpha value is -1.21. The molecule has 0 radical (unpaired) electrons. The van der Waals surface area contributed by atoms with E-state index >= 15 is 0 Å². The molecule has 1 aromatic carbocycles.